The average molecular weight is 260 g/mol. The summed E-state index contributed by atoms with van der Waals surface area (Å²) < 4.78 is 5.30. The standard InChI is InChI=1S/C14H20N4O/c1-3-5-9-18(4-2)11-13-16-14(17-19-13)12-7-6-8-15-10-12/h6-8,10H,3-5,9,11H2,1-2H3. The lowest BCUT2D eigenvalue weighted by atomic mass is 10.3. The van der Waals surface area contributed by atoms with Crippen molar-refractivity contribution in [2.75, 3.05) is 13.1 Å². The first-order valence-corrected chi connectivity index (χ1v) is 6.78. The van der Waals surface area contributed by atoms with Crippen LogP contribution in [0.1, 0.15) is 32.6 Å². The first-order valence-electron chi connectivity index (χ1n) is 6.78. The summed E-state index contributed by atoms with van der Waals surface area (Å²) in [7, 11) is 0. The third-order valence-electron chi connectivity index (χ3n) is 3.02. The molecule has 0 radical (unpaired) electrons. The zero-order valence-corrected chi connectivity index (χ0v) is 11.5. The van der Waals surface area contributed by atoms with Crippen molar-refractivity contribution in [3.63, 3.8) is 0 Å². The normalized spacial score (nSPS) is 11.1. The maximum absolute atomic E-state index is 5.30. The van der Waals surface area contributed by atoms with Crippen molar-refractivity contribution in [3.05, 3.63) is 30.4 Å². The fraction of sp³-hybridized carbons (Fsp3) is 0.500. The summed E-state index contributed by atoms with van der Waals surface area (Å²) >= 11 is 0. The van der Waals surface area contributed by atoms with Crippen LogP contribution in [0.4, 0.5) is 0 Å². The maximum atomic E-state index is 5.30. The Hall–Kier alpha value is -1.75. The van der Waals surface area contributed by atoms with Crippen molar-refractivity contribution in [1.29, 1.82) is 0 Å². The summed E-state index contributed by atoms with van der Waals surface area (Å²) in [6, 6.07) is 3.79. The molecule has 0 fully saturated rings. The second-order valence-electron chi connectivity index (χ2n) is 4.48. The van der Waals surface area contributed by atoms with E-state index in [2.05, 4.69) is 33.9 Å². The van der Waals surface area contributed by atoms with Gasteiger partial charge in [-0.15, -0.1) is 0 Å². The van der Waals surface area contributed by atoms with Gasteiger partial charge in [0.2, 0.25) is 11.7 Å². The van der Waals surface area contributed by atoms with Crippen LogP contribution in [-0.4, -0.2) is 33.1 Å². The number of nitrogens with zero attached hydrogens (tertiary/aromatic N) is 4. The molecular weight excluding hydrogens is 240 g/mol. The molecule has 2 rings (SSSR count). The zero-order valence-electron chi connectivity index (χ0n) is 11.5. The van der Waals surface area contributed by atoms with E-state index in [0.29, 0.717) is 18.3 Å². The fourth-order valence-electron chi connectivity index (χ4n) is 1.85. The van der Waals surface area contributed by atoms with Crippen LogP contribution in [0.5, 0.6) is 0 Å². The molecule has 0 amide bonds. The third-order valence-corrected chi connectivity index (χ3v) is 3.02. The Balaban J connectivity index is 2.01. The topological polar surface area (TPSA) is 55.1 Å². The van der Waals surface area contributed by atoms with Crippen molar-refractivity contribution in [1.82, 2.24) is 20.0 Å². The summed E-state index contributed by atoms with van der Waals surface area (Å²) in [5.41, 5.74) is 0.883. The number of hydrogen-bond donors (Lipinski definition) is 0. The molecule has 0 aliphatic carbocycles. The van der Waals surface area contributed by atoms with Gasteiger partial charge in [0, 0.05) is 18.0 Å². The maximum Gasteiger partial charge on any atom is 0.241 e. The number of hydrogen-bond acceptors (Lipinski definition) is 5. The van der Waals surface area contributed by atoms with E-state index in [9.17, 15) is 0 Å². The van der Waals surface area contributed by atoms with Gasteiger partial charge in [0.25, 0.3) is 0 Å². The molecule has 2 heterocycles. The molecule has 0 atom stereocenters. The first kappa shape index (κ1) is 13.7. The molecule has 0 saturated heterocycles. The molecule has 0 aliphatic heterocycles. The van der Waals surface area contributed by atoms with Crippen LogP contribution in [-0.2, 0) is 6.54 Å². The van der Waals surface area contributed by atoms with Gasteiger partial charge in [-0.1, -0.05) is 25.4 Å². The number of pyridine rings is 1. The van der Waals surface area contributed by atoms with Gasteiger partial charge in [-0.2, -0.15) is 4.98 Å². The highest BCUT2D eigenvalue weighted by Crippen LogP contribution is 2.14. The van der Waals surface area contributed by atoms with Gasteiger partial charge in [0.1, 0.15) is 0 Å². The number of aromatic nitrogens is 3. The van der Waals surface area contributed by atoms with Gasteiger partial charge >= 0.3 is 0 Å². The molecule has 0 unspecified atom stereocenters. The molecule has 0 saturated carbocycles. The summed E-state index contributed by atoms with van der Waals surface area (Å²) in [6.07, 6.45) is 5.86. The Morgan fingerprint density at radius 1 is 1.32 bits per heavy atom. The van der Waals surface area contributed by atoms with Gasteiger partial charge < -0.3 is 4.52 Å². The molecule has 0 bridgehead atoms. The minimum absolute atomic E-state index is 0.606. The third kappa shape index (κ3) is 3.86. The minimum Gasteiger partial charge on any atom is -0.338 e. The Morgan fingerprint density at radius 2 is 2.21 bits per heavy atom. The van der Waals surface area contributed by atoms with E-state index in [-0.39, 0.29) is 0 Å². The lowest BCUT2D eigenvalue weighted by molar-refractivity contribution is 0.233. The van der Waals surface area contributed by atoms with Crippen molar-refractivity contribution < 1.29 is 4.52 Å². The predicted octanol–water partition coefficient (Wildman–Crippen LogP) is 2.75. The SMILES string of the molecule is CCCCN(CC)Cc1nc(-c2cccnc2)no1. The first-order chi connectivity index (χ1) is 9.33. The molecule has 102 valence electrons. The molecule has 19 heavy (non-hydrogen) atoms. The van der Waals surface area contributed by atoms with Crippen molar-refractivity contribution in [2.24, 2.45) is 0 Å². The van der Waals surface area contributed by atoms with Crippen LogP contribution >= 0.6 is 0 Å². The second-order valence-corrected chi connectivity index (χ2v) is 4.48. The van der Waals surface area contributed by atoms with Crippen LogP contribution in [0.15, 0.2) is 29.0 Å². The summed E-state index contributed by atoms with van der Waals surface area (Å²) in [5, 5.41) is 4.00. The molecule has 2 aromatic rings. The highest BCUT2D eigenvalue weighted by molar-refractivity contribution is 5.51. The number of rotatable bonds is 7. The van der Waals surface area contributed by atoms with E-state index in [1.807, 2.05) is 12.1 Å². The molecule has 5 heteroatoms. The predicted molar refractivity (Wildman–Crippen MR) is 73.4 cm³/mol. The Labute approximate surface area is 113 Å². The molecular formula is C14H20N4O. The van der Waals surface area contributed by atoms with Crippen molar-refractivity contribution in [3.8, 4) is 11.4 Å². The quantitative estimate of drug-likeness (QED) is 0.766. The van der Waals surface area contributed by atoms with E-state index >= 15 is 0 Å². The molecule has 2 aromatic heterocycles. The summed E-state index contributed by atoms with van der Waals surface area (Å²) in [4.78, 5) is 10.8. The van der Waals surface area contributed by atoms with E-state index in [0.717, 1.165) is 18.7 Å². The highest BCUT2D eigenvalue weighted by Gasteiger charge is 2.11. The Morgan fingerprint density at radius 3 is 2.89 bits per heavy atom. The van der Waals surface area contributed by atoms with Crippen molar-refractivity contribution >= 4 is 0 Å². The van der Waals surface area contributed by atoms with Crippen LogP contribution in [0.2, 0.25) is 0 Å². The molecule has 0 aromatic carbocycles. The summed E-state index contributed by atoms with van der Waals surface area (Å²) in [6.45, 7) is 7.11. The molecule has 0 spiro atoms. The van der Waals surface area contributed by atoms with E-state index < -0.39 is 0 Å². The average Bonchev–Trinajstić information content (AvgIpc) is 2.93. The lowest BCUT2D eigenvalue weighted by Crippen LogP contribution is -2.24. The van der Waals surface area contributed by atoms with Gasteiger partial charge in [0.05, 0.1) is 6.54 Å². The van der Waals surface area contributed by atoms with Gasteiger partial charge in [-0.25, -0.2) is 0 Å². The molecule has 5 nitrogen and oxygen atoms in total. The lowest BCUT2D eigenvalue weighted by Gasteiger charge is -2.17. The van der Waals surface area contributed by atoms with Gasteiger partial charge in [-0.3, -0.25) is 9.88 Å². The van der Waals surface area contributed by atoms with Gasteiger partial charge in [0.15, 0.2) is 0 Å². The Bertz CT molecular complexity index is 483. The zero-order chi connectivity index (χ0) is 13.5. The van der Waals surface area contributed by atoms with Crippen LogP contribution in [0.3, 0.4) is 0 Å². The summed E-state index contributed by atoms with van der Waals surface area (Å²) in [5.74, 6) is 1.27. The van der Waals surface area contributed by atoms with Crippen LogP contribution in [0, 0.1) is 0 Å². The number of unbranched alkanes of at least 4 members (excludes halogenated alkanes) is 1. The highest BCUT2D eigenvalue weighted by atomic mass is 16.5. The van der Waals surface area contributed by atoms with E-state index in [1.54, 1.807) is 12.4 Å². The smallest absolute Gasteiger partial charge is 0.241 e. The monoisotopic (exact) mass is 260 g/mol. The minimum atomic E-state index is 0.606. The van der Waals surface area contributed by atoms with Gasteiger partial charge in [-0.05, 0) is 31.6 Å². The van der Waals surface area contributed by atoms with Crippen molar-refractivity contribution in [2.45, 2.75) is 33.2 Å². The molecule has 0 N–H and O–H groups in total. The Kier molecular flexibility index (Phi) is 5.03. The van der Waals surface area contributed by atoms with Crippen LogP contribution < -0.4 is 0 Å². The molecule has 0 aliphatic rings. The van der Waals surface area contributed by atoms with E-state index in [4.69, 9.17) is 4.52 Å². The second kappa shape index (κ2) is 6.99. The fourth-order valence-corrected chi connectivity index (χ4v) is 1.85. The van der Waals surface area contributed by atoms with Crippen LogP contribution in [0.25, 0.3) is 11.4 Å². The van der Waals surface area contributed by atoms with E-state index in [1.165, 1.54) is 12.8 Å². The largest absolute Gasteiger partial charge is 0.338 e.